The first-order chi connectivity index (χ1) is 8.97. The van der Waals surface area contributed by atoms with Gasteiger partial charge in [0.2, 0.25) is 0 Å². The van der Waals surface area contributed by atoms with Gasteiger partial charge in [0.1, 0.15) is 5.82 Å². The molecule has 0 saturated carbocycles. The lowest BCUT2D eigenvalue weighted by molar-refractivity contribution is 0.197. The maximum absolute atomic E-state index is 9.54. The van der Waals surface area contributed by atoms with Crippen LogP contribution in [0.3, 0.4) is 0 Å². The maximum Gasteiger partial charge on any atom is 0.132 e. The molecule has 19 heavy (non-hydrogen) atoms. The highest BCUT2D eigenvalue weighted by atomic mass is 35.5. The van der Waals surface area contributed by atoms with Crippen LogP contribution in [0.2, 0.25) is 10.0 Å². The van der Waals surface area contributed by atoms with Crippen molar-refractivity contribution in [2.24, 2.45) is 0 Å². The molecule has 1 aromatic carbocycles. The molecule has 1 aromatic heterocycles. The predicted octanol–water partition coefficient (Wildman–Crippen LogP) is 3.74. The van der Waals surface area contributed by atoms with Crippen LogP contribution in [0.4, 0.5) is 0 Å². The molecule has 100 valence electrons. The van der Waals surface area contributed by atoms with E-state index in [1.165, 1.54) is 0 Å². The number of nitrogens with zero attached hydrogens (tertiary/aromatic N) is 2. The number of rotatable bonds is 3. The summed E-state index contributed by atoms with van der Waals surface area (Å²) in [6.45, 7) is 3.56. The Morgan fingerprint density at radius 2 is 2.00 bits per heavy atom. The zero-order valence-corrected chi connectivity index (χ0v) is 12.2. The number of aromatic nitrogens is 2. The van der Waals surface area contributed by atoms with E-state index in [1.54, 1.807) is 19.2 Å². The van der Waals surface area contributed by atoms with Crippen LogP contribution in [-0.4, -0.2) is 15.1 Å². The number of hydrogen-bond acceptors (Lipinski definition) is 3. The first-order valence-electron chi connectivity index (χ1n) is 5.92. The topological polar surface area (TPSA) is 46.0 Å². The van der Waals surface area contributed by atoms with Crippen LogP contribution >= 0.6 is 23.2 Å². The van der Waals surface area contributed by atoms with Crippen molar-refractivity contribution in [3.63, 3.8) is 0 Å². The first-order valence-corrected chi connectivity index (χ1v) is 6.67. The molecule has 2 rings (SSSR count). The monoisotopic (exact) mass is 296 g/mol. The molecule has 0 aliphatic rings. The van der Waals surface area contributed by atoms with Gasteiger partial charge >= 0.3 is 0 Å². The number of halogens is 2. The highest BCUT2D eigenvalue weighted by molar-refractivity contribution is 6.42. The van der Waals surface area contributed by atoms with E-state index in [4.69, 9.17) is 23.2 Å². The Bertz CT molecular complexity index is 600. The molecule has 0 spiro atoms. The smallest absolute Gasteiger partial charge is 0.132 e. The predicted molar refractivity (Wildman–Crippen MR) is 76.7 cm³/mol. The van der Waals surface area contributed by atoms with E-state index in [2.05, 4.69) is 9.97 Å². The van der Waals surface area contributed by atoms with E-state index in [-0.39, 0.29) is 0 Å². The summed E-state index contributed by atoms with van der Waals surface area (Å²) in [6, 6.07) is 5.47. The normalized spacial score (nSPS) is 12.5. The van der Waals surface area contributed by atoms with Crippen LogP contribution in [-0.2, 0) is 6.42 Å². The second kappa shape index (κ2) is 5.87. The van der Waals surface area contributed by atoms with Gasteiger partial charge in [-0.3, -0.25) is 0 Å². The molecular weight excluding hydrogens is 283 g/mol. The maximum atomic E-state index is 9.54. The van der Waals surface area contributed by atoms with Crippen molar-refractivity contribution in [1.82, 2.24) is 9.97 Å². The molecule has 1 N–H and O–H groups in total. The Hall–Kier alpha value is -1.16. The van der Waals surface area contributed by atoms with Crippen molar-refractivity contribution in [2.75, 3.05) is 0 Å². The van der Waals surface area contributed by atoms with E-state index in [1.807, 2.05) is 19.1 Å². The highest BCUT2D eigenvalue weighted by Crippen LogP contribution is 2.23. The van der Waals surface area contributed by atoms with Crippen molar-refractivity contribution >= 4 is 23.2 Å². The molecule has 0 fully saturated rings. The Kier molecular flexibility index (Phi) is 4.40. The summed E-state index contributed by atoms with van der Waals surface area (Å²) < 4.78 is 0. The molecule has 0 radical (unpaired) electrons. The third-order valence-electron chi connectivity index (χ3n) is 2.86. The highest BCUT2D eigenvalue weighted by Gasteiger charge is 2.09. The van der Waals surface area contributed by atoms with Crippen molar-refractivity contribution in [2.45, 2.75) is 26.4 Å². The zero-order chi connectivity index (χ0) is 14.0. The molecule has 0 amide bonds. The van der Waals surface area contributed by atoms with Gasteiger partial charge in [0.05, 0.1) is 16.1 Å². The Morgan fingerprint density at radius 3 is 2.58 bits per heavy atom. The fourth-order valence-electron chi connectivity index (χ4n) is 1.85. The fraction of sp³-hybridized carbons (Fsp3) is 0.286. The average molecular weight is 297 g/mol. The number of benzene rings is 1. The minimum atomic E-state index is -0.556. The molecule has 0 aliphatic heterocycles. The summed E-state index contributed by atoms with van der Waals surface area (Å²) in [5.74, 6) is 0.695. The lowest BCUT2D eigenvalue weighted by Gasteiger charge is -2.09. The van der Waals surface area contributed by atoms with E-state index >= 15 is 0 Å². The molecular formula is C14H14Cl2N2O. The Morgan fingerprint density at radius 1 is 1.26 bits per heavy atom. The number of hydrogen-bond donors (Lipinski definition) is 1. The molecule has 1 heterocycles. The minimum Gasteiger partial charge on any atom is -0.389 e. The van der Waals surface area contributed by atoms with Gasteiger partial charge in [-0.15, -0.1) is 0 Å². The Balaban J connectivity index is 2.24. The number of aryl methyl sites for hydroxylation is 1. The standard InChI is InChI=1S/C14H14Cl2N2O/c1-8-11(9(2)19)7-17-14(18-8)6-10-3-4-12(15)13(16)5-10/h3-5,7,9,19H,6H2,1-2H3/t9-/m1/s1. The lowest BCUT2D eigenvalue weighted by atomic mass is 10.1. The van der Waals surface area contributed by atoms with Gasteiger partial charge in [0.25, 0.3) is 0 Å². The summed E-state index contributed by atoms with van der Waals surface area (Å²) in [6.07, 6.45) is 1.69. The fourth-order valence-corrected chi connectivity index (χ4v) is 2.17. The lowest BCUT2D eigenvalue weighted by Crippen LogP contribution is -2.04. The quantitative estimate of drug-likeness (QED) is 0.938. The average Bonchev–Trinajstić information content (AvgIpc) is 2.33. The molecule has 0 saturated heterocycles. The first kappa shape index (κ1) is 14.3. The van der Waals surface area contributed by atoms with Crippen LogP contribution in [0.25, 0.3) is 0 Å². The minimum absolute atomic E-state index is 0.525. The second-order valence-electron chi connectivity index (χ2n) is 4.43. The van der Waals surface area contributed by atoms with Crippen LogP contribution < -0.4 is 0 Å². The van der Waals surface area contributed by atoms with Gasteiger partial charge in [-0.25, -0.2) is 9.97 Å². The Labute approximate surface area is 122 Å². The summed E-state index contributed by atoms with van der Waals surface area (Å²) >= 11 is 11.8. The van der Waals surface area contributed by atoms with E-state index in [9.17, 15) is 5.11 Å². The number of aliphatic hydroxyl groups excluding tert-OH is 1. The third-order valence-corrected chi connectivity index (χ3v) is 3.60. The van der Waals surface area contributed by atoms with E-state index in [0.717, 1.165) is 16.8 Å². The molecule has 0 bridgehead atoms. The molecule has 1 atom stereocenters. The van der Waals surface area contributed by atoms with Gasteiger partial charge in [-0.2, -0.15) is 0 Å². The summed E-state index contributed by atoms with van der Waals surface area (Å²) in [5, 5.41) is 10.6. The molecule has 0 unspecified atom stereocenters. The summed E-state index contributed by atoms with van der Waals surface area (Å²) in [4.78, 5) is 8.66. The molecule has 5 heteroatoms. The molecule has 3 nitrogen and oxygen atoms in total. The SMILES string of the molecule is Cc1nc(Cc2ccc(Cl)c(Cl)c2)ncc1[C@@H](C)O. The van der Waals surface area contributed by atoms with Crippen molar-refractivity contribution < 1.29 is 5.11 Å². The van der Waals surface area contributed by atoms with Gasteiger partial charge in [0, 0.05) is 23.9 Å². The number of aliphatic hydroxyl groups is 1. The van der Waals surface area contributed by atoms with Crippen LogP contribution in [0, 0.1) is 6.92 Å². The molecule has 2 aromatic rings. The van der Waals surface area contributed by atoms with Gasteiger partial charge < -0.3 is 5.11 Å². The van der Waals surface area contributed by atoms with E-state index < -0.39 is 6.10 Å². The van der Waals surface area contributed by atoms with Crippen molar-refractivity contribution in [3.8, 4) is 0 Å². The van der Waals surface area contributed by atoms with Gasteiger partial charge in [0.15, 0.2) is 0 Å². The second-order valence-corrected chi connectivity index (χ2v) is 5.24. The van der Waals surface area contributed by atoms with Crippen LogP contribution in [0.5, 0.6) is 0 Å². The van der Waals surface area contributed by atoms with E-state index in [0.29, 0.717) is 22.3 Å². The van der Waals surface area contributed by atoms with Crippen LogP contribution in [0.15, 0.2) is 24.4 Å². The van der Waals surface area contributed by atoms with Crippen LogP contribution in [0.1, 0.15) is 35.7 Å². The zero-order valence-electron chi connectivity index (χ0n) is 10.7. The largest absolute Gasteiger partial charge is 0.389 e. The molecule has 0 aliphatic carbocycles. The van der Waals surface area contributed by atoms with Crippen molar-refractivity contribution in [3.05, 3.63) is 57.1 Å². The van der Waals surface area contributed by atoms with Gasteiger partial charge in [-0.05, 0) is 31.5 Å². The summed E-state index contributed by atoms with van der Waals surface area (Å²) in [7, 11) is 0. The third kappa shape index (κ3) is 3.44. The van der Waals surface area contributed by atoms with Crippen molar-refractivity contribution in [1.29, 1.82) is 0 Å². The van der Waals surface area contributed by atoms with Gasteiger partial charge in [-0.1, -0.05) is 29.3 Å². The summed E-state index contributed by atoms with van der Waals surface area (Å²) in [5.41, 5.74) is 2.54.